The van der Waals surface area contributed by atoms with E-state index in [1.807, 2.05) is 18.0 Å². The number of hydrogen-bond donors (Lipinski definition) is 0. The van der Waals surface area contributed by atoms with Crippen molar-refractivity contribution < 1.29 is 13.2 Å². The van der Waals surface area contributed by atoms with Gasteiger partial charge in [-0.15, -0.1) is 0 Å². The molecule has 0 aliphatic heterocycles. The van der Waals surface area contributed by atoms with E-state index in [0.29, 0.717) is 6.54 Å². The smallest absolute Gasteiger partial charge is 0.242 e. The Hall–Kier alpha value is -1.44. The van der Waals surface area contributed by atoms with Gasteiger partial charge in [-0.3, -0.25) is 9.69 Å². The van der Waals surface area contributed by atoms with Gasteiger partial charge < -0.3 is 4.90 Å². The predicted octanol–water partition coefficient (Wildman–Crippen LogP) is 0.457. The molecule has 0 fully saturated rings. The fourth-order valence-electron chi connectivity index (χ4n) is 1.76. The van der Waals surface area contributed by atoms with Crippen molar-refractivity contribution in [3.8, 4) is 0 Å². The molecule has 0 bridgehead atoms. The first-order valence-electron chi connectivity index (χ1n) is 6.54. The Bertz CT molecular complexity index is 597. The van der Waals surface area contributed by atoms with Crippen molar-refractivity contribution in [2.75, 3.05) is 41.8 Å². The fourth-order valence-corrected chi connectivity index (χ4v) is 2.73. The largest absolute Gasteiger partial charge is 0.348 e. The molecular formula is C14H23N3O3S. The second-order valence-corrected chi connectivity index (χ2v) is 7.55. The van der Waals surface area contributed by atoms with Gasteiger partial charge in [0.25, 0.3) is 0 Å². The molecule has 0 unspecified atom stereocenters. The van der Waals surface area contributed by atoms with E-state index in [1.54, 1.807) is 32.3 Å². The third-order valence-electron chi connectivity index (χ3n) is 3.03. The quantitative estimate of drug-likeness (QED) is 0.765. The zero-order chi connectivity index (χ0) is 16.2. The van der Waals surface area contributed by atoms with Gasteiger partial charge >= 0.3 is 0 Å². The molecule has 0 radical (unpaired) electrons. The third kappa shape index (κ3) is 4.80. The highest BCUT2D eigenvalue weighted by atomic mass is 32.2. The molecule has 0 N–H and O–H groups in total. The molecule has 1 amide bonds. The topological polar surface area (TPSA) is 60.9 Å². The minimum atomic E-state index is -3.43. The average molecular weight is 313 g/mol. The molecule has 0 saturated carbocycles. The maximum Gasteiger partial charge on any atom is 0.242 e. The van der Waals surface area contributed by atoms with Crippen LogP contribution in [0.5, 0.6) is 0 Å². The first kappa shape index (κ1) is 17.6. The number of sulfonamides is 1. The van der Waals surface area contributed by atoms with Crippen molar-refractivity contribution in [2.24, 2.45) is 0 Å². The lowest BCUT2D eigenvalue weighted by molar-refractivity contribution is -0.129. The molecule has 0 spiro atoms. The van der Waals surface area contributed by atoms with E-state index in [-0.39, 0.29) is 17.3 Å². The third-order valence-corrected chi connectivity index (χ3v) is 4.84. The summed E-state index contributed by atoms with van der Waals surface area (Å²) in [7, 11) is 4.82. The molecule has 21 heavy (non-hydrogen) atoms. The van der Waals surface area contributed by atoms with Crippen LogP contribution >= 0.6 is 0 Å². The van der Waals surface area contributed by atoms with Gasteiger partial charge in [-0.25, -0.2) is 12.7 Å². The van der Waals surface area contributed by atoms with Crippen molar-refractivity contribution in [3.05, 3.63) is 29.8 Å². The standard InChI is InChI=1S/C14H23N3O3S/c1-15(2)14(18)11-17(5)10-12-7-6-8-13(9-12)21(19,20)16(3)4/h6-9H,10-11H2,1-5H3. The van der Waals surface area contributed by atoms with Gasteiger partial charge in [-0.05, 0) is 24.7 Å². The Morgan fingerprint density at radius 3 is 2.24 bits per heavy atom. The number of carbonyl (C=O) groups is 1. The Morgan fingerprint density at radius 1 is 1.10 bits per heavy atom. The first-order valence-corrected chi connectivity index (χ1v) is 7.98. The number of amides is 1. The lowest BCUT2D eigenvalue weighted by Gasteiger charge is -2.19. The van der Waals surface area contributed by atoms with E-state index < -0.39 is 10.0 Å². The second kappa shape index (κ2) is 7.02. The highest BCUT2D eigenvalue weighted by molar-refractivity contribution is 7.89. The molecule has 0 aromatic heterocycles. The van der Waals surface area contributed by atoms with Crippen LogP contribution in [0, 0.1) is 0 Å². The van der Waals surface area contributed by atoms with E-state index in [2.05, 4.69) is 0 Å². The Labute approximate surface area is 127 Å². The number of benzene rings is 1. The molecule has 1 rings (SSSR count). The minimum Gasteiger partial charge on any atom is -0.348 e. The van der Waals surface area contributed by atoms with Gasteiger partial charge in [0.1, 0.15) is 0 Å². The molecule has 0 saturated heterocycles. The van der Waals surface area contributed by atoms with Crippen molar-refractivity contribution in [3.63, 3.8) is 0 Å². The first-order chi connectivity index (χ1) is 9.64. The van der Waals surface area contributed by atoms with Crippen molar-refractivity contribution in [2.45, 2.75) is 11.4 Å². The minimum absolute atomic E-state index is 0.00886. The summed E-state index contributed by atoms with van der Waals surface area (Å²) in [6, 6.07) is 6.79. The SMILES string of the molecule is CN(CC(=O)N(C)C)Cc1cccc(S(=O)(=O)N(C)C)c1. The monoisotopic (exact) mass is 313 g/mol. The number of likely N-dealkylation sites (N-methyl/N-ethyl adjacent to an activating group) is 2. The van der Waals surface area contributed by atoms with Gasteiger partial charge in [0, 0.05) is 34.7 Å². The summed E-state index contributed by atoms with van der Waals surface area (Å²) in [4.78, 5) is 15.3. The Kier molecular flexibility index (Phi) is 5.88. The Balaban J connectivity index is 2.85. The zero-order valence-electron chi connectivity index (χ0n) is 13.2. The van der Waals surface area contributed by atoms with Crippen molar-refractivity contribution >= 4 is 15.9 Å². The summed E-state index contributed by atoms with van der Waals surface area (Å²) >= 11 is 0. The summed E-state index contributed by atoms with van der Waals surface area (Å²) in [6.07, 6.45) is 0. The van der Waals surface area contributed by atoms with Gasteiger partial charge in [0.15, 0.2) is 0 Å². The van der Waals surface area contributed by atoms with Crippen LogP contribution in [0.25, 0.3) is 0 Å². The predicted molar refractivity (Wildman–Crippen MR) is 82.3 cm³/mol. The summed E-state index contributed by atoms with van der Waals surface area (Å²) in [6.45, 7) is 0.800. The van der Waals surface area contributed by atoms with Gasteiger partial charge in [0.05, 0.1) is 11.4 Å². The van der Waals surface area contributed by atoms with Gasteiger partial charge in [-0.2, -0.15) is 0 Å². The number of nitrogens with zero attached hydrogens (tertiary/aromatic N) is 3. The molecule has 6 nitrogen and oxygen atoms in total. The lowest BCUT2D eigenvalue weighted by atomic mass is 10.2. The van der Waals surface area contributed by atoms with Crippen LogP contribution in [0.2, 0.25) is 0 Å². The maximum atomic E-state index is 12.1. The molecular weight excluding hydrogens is 290 g/mol. The summed E-state index contributed by atoms with van der Waals surface area (Å²) in [5.41, 5.74) is 0.854. The van der Waals surface area contributed by atoms with Crippen molar-refractivity contribution in [1.29, 1.82) is 0 Å². The van der Waals surface area contributed by atoms with E-state index in [4.69, 9.17) is 0 Å². The van der Waals surface area contributed by atoms with E-state index in [1.165, 1.54) is 23.3 Å². The highest BCUT2D eigenvalue weighted by Gasteiger charge is 2.17. The molecule has 0 heterocycles. The molecule has 0 aliphatic rings. The van der Waals surface area contributed by atoms with Crippen molar-refractivity contribution in [1.82, 2.24) is 14.1 Å². The fraction of sp³-hybridized carbons (Fsp3) is 0.500. The number of rotatable bonds is 6. The average Bonchev–Trinajstić information content (AvgIpc) is 2.38. The summed E-state index contributed by atoms with van der Waals surface area (Å²) in [5, 5.41) is 0. The van der Waals surface area contributed by atoms with E-state index in [9.17, 15) is 13.2 Å². The Morgan fingerprint density at radius 2 is 1.71 bits per heavy atom. The number of carbonyl (C=O) groups excluding carboxylic acids is 1. The molecule has 0 atom stereocenters. The molecule has 118 valence electrons. The van der Waals surface area contributed by atoms with Gasteiger partial charge in [0.2, 0.25) is 15.9 Å². The van der Waals surface area contributed by atoms with E-state index >= 15 is 0 Å². The molecule has 1 aromatic carbocycles. The maximum absolute atomic E-state index is 12.1. The van der Waals surface area contributed by atoms with Gasteiger partial charge in [-0.1, -0.05) is 12.1 Å². The summed E-state index contributed by atoms with van der Waals surface area (Å²) < 4.78 is 25.4. The normalized spacial score (nSPS) is 12.0. The number of hydrogen-bond acceptors (Lipinski definition) is 4. The molecule has 0 aliphatic carbocycles. The van der Waals surface area contributed by atoms with E-state index in [0.717, 1.165) is 5.56 Å². The van der Waals surface area contributed by atoms with Crippen LogP contribution in [0.3, 0.4) is 0 Å². The molecule has 7 heteroatoms. The van der Waals surface area contributed by atoms with Crippen LogP contribution < -0.4 is 0 Å². The highest BCUT2D eigenvalue weighted by Crippen LogP contribution is 2.15. The summed E-state index contributed by atoms with van der Waals surface area (Å²) in [5.74, 6) is 0.00886. The lowest BCUT2D eigenvalue weighted by Crippen LogP contribution is -2.34. The van der Waals surface area contributed by atoms with Crippen LogP contribution in [0.4, 0.5) is 0 Å². The van der Waals surface area contributed by atoms with Crippen LogP contribution in [0.1, 0.15) is 5.56 Å². The van der Waals surface area contributed by atoms with Crippen LogP contribution in [-0.2, 0) is 21.4 Å². The second-order valence-electron chi connectivity index (χ2n) is 5.40. The molecule has 1 aromatic rings. The van der Waals surface area contributed by atoms with Crippen LogP contribution in [0.15, 0.2) is 29.2 Å². The van der Waals surface area contributed by atoms with Crippen LogP contribution in [-0.4, -0.2) is 70.2 Å². The zero-order valence-corrected chi connectivity index (χ0v) is 14.0.